The van der Waals surface area contributed by atoms with Crippen LogP contribution in [0.5, 0.6) is 0 Å². The first kappa shape index (κ1) is 56.0. The second-order valence-electron chi connectivity index (χ2n) is 19.6. The highest BCUT2D eigenvalue weighted by molar-refractivity contribution is 4.70. The molecule has 0 saturated heterocycles. The summed E-state index contributed by atoms with van der Waals surface area (Å²) in [5.41, 5.74) is 0. The van der Waals surface area contributed by atoms with E-state index in [9.17, 15) is 0 Å². The van der Waals surface area contributed by atoms with E-state index in [1.54, 1.807) is 32.1 Å². The predicted octanol–water partition coefficient (Wildman–Crippen LogP) is 21.8. The maximum Gasteiger partial charge on any atom is -0.0412 e. The van der Waals surface area contributed by atoms with Gasteiger partial charge in [-0.05, 0) is 18.3 Å². The Bertz CT molecular complexity index is 650. The van der Waals surface area contributed by atoms with Crippen LogP contribution < -0.4 is 0 Å². The van der Waals surface area contributed by atoms with Gasteiger partial charge in [-0.15, -0.1) is 0 Å². The van der Waals surface area contributed by atoms with Crippen molar-refractivity contribution in [3.8, 4) is 0 Å². The monoisotopic (exact) mass is 787 g/mol. The van der Waals surface area contributed by atoms with E-state index < -0.39 is 0 Å². The molecular formula is C56H114. The van der Waals surface area contributed by atoms with Gasteiger partial charge < -0.3 is 0 Å². The molecule has 2 atom stereocenters. The molecule has 0 spiro atoms. The largest absolute Gasteiger partial charge is 0.0654 e. The van der Waals surface area contributed by atoms with Crippen molar-refractivity contribution < 1.29 is 0 Å². The molecule has 0 fully saturated rings. The fourth-order valence-corrected chi connectivity index (χ4v) is 9.80. The van der Waals surface area contributed by atoms with Crippen molar-refractivity contribution >= 4 is 0 Å². The average Bonchev–Trinajstić information content (AvgIpc) is 3.21. The van der Waals surface area contributed by atoms with Crippen LogP contribution in [0.15, 0.2) is 0 Å². The van der Waals surface area contributed by atoms with Crippen molar-refractivity contribution in [2.45, 2.75) is 349 Å². The highest BCUT2D eigenvalue weighted by Gasteiger charge is 2.17. The molecule has 0 saturated carbocycles. The normalized spacial score (nSPS) is 12.9. The maximum absolute atomic E-state index is 2.34. The standard InChI is InChI=1S/C56H114/c1-5-9-13-17-21-25-29-31-33-37-41-45-49-53-56(51-47-43-39-35-28-24-20-16-12-8-4)54-55(50-46-42-38-34-27-23-19-15-11-7-3)52-48-44-40-36-32-30-26-22-18-14-10-6-2/h55-56H,5-54H2,1-4H3. The van der Waals surface area contributed by atoms with Crippen molar-refractivity contribution in [3.63, 3.8) is 0 Å². The SMILES string of the molecule is CCCCCCCCCCCCCCCC(CCCCCCCCCCCC)CC(CCCCCCCCCCCC)CCCCCCCCCCCCCC. The van der Waals surface area contributed by atoms with Crippen LogP contribution in [0.25, 0.3) is 0 Å². The molecule has 0 radical (unpaired) electrons. The van der Waals surface area contributed by atoms with Crippen LogP contribution >= 0.6 is 0 Å². The Kier molecular flexibility index (Phi) is 51.1. The van der Waals surface area contributed by atoms with Gasteiger partial charge in [0.15, 0.2) is 0 Å². The molecule has 0 aliphatic rings. The quantitative estimate of drug-likeness (QED) is 0.0539. The van der Waals surface area contributed by atoms with Crippen LogP contribution in [0.4, 0.5) is 0 Å². The Balaban J connectivity index is 4.76. The van der Waals surface area contributed by atoms with E-state index >= 15 is 0 Å². The van der Waals surface area contributed by atoms with Crippen molar-refractivity contribution in [2.75, 3.05) is 0 Å². The van der Waals surface area contributed by atoms with Gasteiger partial charge in [-0.2, -0.15) is 0 Å². The summed E-state index contributed by atoms with van der Waals surface area (Å²) in [5, 5.41) is 0. The molecule has 2 unspecified atom stereocenters. The number of rotatable bonds is 51. The number of hydrogen-bond acceptors (Lipinski definition) is 0. The van der Waals surface area contributed by atoms with E-state index in [2.05, 4.69) is 27.7 Å². The zero-order chi connectivity index (χ0) is 40.5. The Morgan fingerprint density at radius 2 is 0.286 bits per heavy atom. The molecule has 0 aliphatic carbocycles. The molecule has 0 rings (SSSR count). The molecule has 0 aliphatic heterocycles. The van der Waals surface area contributed by atoms with Crippen molar-refractivity contribution in [2.24, 2.45) is 11.8 Å². The lowest BCUT2D eigenvalue weighted by Crippen LogP contribution is -2.11. The number of unbranched alkanes of at least 4 members (excludes halogenated alkanes) is 41. The van der Waals surface area contributed by atoms with Crippen LogP contribution in [0.1, 0.15) is 349 Å². The zero-order valence-corrected chi connectivity index (χ0v) is 40.5. The second-order valence-corrected chi connectivity index (χ2v) is 19.6. The fourth-order valence-electron chi connectivity index (χ4n) is 9.80. The predicted molar refractivity (Wildman–Crippen MR) is 261 cm³/mol. The summed E-state index contributed by atoms with van der Waals surface area (Å²) in [5.74, 6) is 2.03. The van der Waals surface area contributed by atoms with E-state index in [-0.39, 0.29) is 0 Å². The van der Waals surface area contributed by atoms with Crippen LogP contribution in [0, 0.1) is 11.8 Å². The lowest BCUT2D eigenvalue weighted by atomic mass is 9.81. The lowest BCUT2D eigenvalue weighted by Gasteiger charge is -2.24. The Morgan fingerprint density at radius 1 is 0.161 bits per heavy atom. The average molecular weight is 788 g/mol. The minimum Gasteiger partial charge on any atom is -0.0654 e. The van der Waals surface area contributed by atoms with Crippen LogP contribution in [-0.2, 0) is 0 Å². The molecule has 56 heavy (non-hydrogen) atoms. The molecule has 0 aromatic heterocycles. The van der Waals surface area contributed by atoms with Gasteiger partial charge in [0.2, 0.25) is 0 Å². The Labute approximate surface area is 359 Å². The minimum absolute atomic E-state index is 1.02. The minimum atomic E-state index is 1.02. The second kappa shape index (κ2) is 51.1. The molecule has 0 N–H and O–H groups in total. The van der Waals surface area contributed by atoms with Gasteiger partial charge >= 0.3 is 0 Å². The molecular weight excluding hydrogens is 673 g/mol. The van der Waals surface area contributed by atoms with Crippen molar-refractivity contribution in [1.29, 1.82) is 0 Å². The summed E-state index contributed by atoms with van der Waals surface area (Å²) in [6.45, 7) is 9.34. The fraction of sp³-hybridized carbons (Fsp3) is 1.00. The van der Waals surface area contributed by atoms with Crippen LogP contribution in [0.2, 0.25) is 0 Å². The lowest BCUT2D eigenvalue weighted by molar-refractivity contribution is 0.282. The first-order chi connectivity index (χ1) is 27.8. The van der Waals surface area contributed by atoms with E-state index in [1.165, 1.54) is 289 Å². The van der Waals surface area contributed by atoms with E-state index in [1.807, 2.05) is 0 Å². The van der Waals surface area contributed by atoms with E-state index in [0.29, 0.717) is 0 Å². The first-order valence-corrected chi connectivity index (χ1v) is 27.8. The van der Waals surface area contributed by atoms with Gasteiger partial charge in [0.05, 0.1) is 0 Å². The molecule has 0 aromatic rings. The smallest absolute Gasteiger partial charge is 0.0412 e. The van der Waals surface area contributed by atoms with Gasteiger partial charge in [-0.3, -0.25) is 0 Å². The van der Waals surface area contributed by atoms with Crippen molar-refractivity contribution in [3.05, 3.63) is 0 Å². The third kappa shape index (κ3) is 46.7. The van der Waals surface area contributed by atoms with Crippen LogP contribution in [-0.4, -0.2) is 0 Å². The molecule has 0 bridgehead atoms. The summed E-state index contributed by atoms with van der Waals surface area (Å²) >= 11 is 0. The maximum atomic E-state index is 2.34. The molecule has 0 heteroatoms. The molecule has 0 heterocycles. The van der Waals surface area contributed by atoms with Gasteiger partial charge in [0.1, 0.15) is 0 Å². The third-order valence-corrected chi connectivity index (χ3v) is 13.8. The van der Waals surface area contributed by atoms with Crippen molar-refractivity contribution in [1.82, 2.24) is 0 Å². The summed E-state index contributed by atoms with van der Waals surface area (Å²) < 4.78 is 0. The van der Waals surface area contributed by atoms with E-state index in [0.717, 1.165) is 11.8 Å². The van der Waals surface area contributed by atoms with Gasteiger partial charge in [0, 0.05) is 0 Å². The van der Waals surface area contributed by atoms with Gasteiger partial charge in [-0.1, -0.05) is 342 Å². The zero-order valence-electron chi connectivity index (χ0n) is 40.5. The van der Waals surface area contributed by atoms with Gasteiger partial charge in [0.25, 0.3) is 0 Å². The van der Waals surface area contributed by atoms with Gasteiger partial charge in [-0.25, -0.2) is 0 Å². The summed E-state index contributed by atoms with van der Waals surface area (Å²) in [6, 6.07) is 0. The third-order valence-electron chi connectivity index (χ3n) is 13.8. The highest BCUT2D eigenvalue weighted by Crippen LogP contribution is 2.31. The molecule has 0 nitrogen and oxygen atoms in total. The highest BCUT2D eigenvalue weighted by atomic mass is 14.2. The summed E-state index contributed by atoms with van der Waals surface area (Å²) in [7, 11) is 0. The number of hydrogen-bond donors (Lipinski definition) is 0. The molecule has 0 amide bonds. The summed E-state index contributed by atoms with van der Waals surface area (Å²) in [6.07, 6.45) is 74.3. The topological polar surface area (TPSA) is 0 Å². The molecule has 0 aromatic carbocycles. The van der Waals surface area contributed by atoms with E-state index in [4.69, 9.17) is 0 Å². The Morgan fingerprint density at radius 3 is 0.429 bits per heavy atom. The summed E-state index contributed by atoms with van der Waals surface area (Å²) in [4.78, 5) is 0. The van der Waals surface area contributed by atoms with Crippen LogP contribution in [0.3, 0.4) is 0 Å². The first-order valence-electron chi connectivity index (χ1n) is 27.8. The Hall–Kier alpha value is 0. The molecule has 338 valence electrons.